The Morgan fingerprint density at radius 3 is 2.57 bits per heavy atom. The van der Waals surface area contributed by atoms with Crippen molar-refractivity contribution in [1.82, 2.24) is 9.55 Å². The molecule has 0 aliphatic heterocycles. The van der Waals surface area contributed by atoms with Crippen molar-refractivity contribution >= 4 is 5.97 Å². The van der Waals surface area contributed by atoms with E-state index in [1.54, 1.807) is 0 Å². The maximum atomic E-state index is 10.8. The van der Waals surface area contributed by atoms with Gasteiger partial charge in [0.05, 0.1) is 12.1 Å². The van der Waals surface area contributed by atoms with Gasteiger partial charge < -0.3 is 14.4 Å². The van der Waals surface area contributed by atoms with Gasteiger partial charge in [-0.25, -0.2) is 4.98 Å². The molecule has 2 aromatic rings. The number of rotatable bonds is 6. The van der Waals surface area contributed by atoms with Gasteiger partial charge >= 0.3 is 5.97 Å². The standard InChI is InChI=1S/C16H20N2O3/c1-4-12-5-7-13(8-6-12)21-10-15-17-14(9-16(19)20)11(2)18(15)3/h5-8H,4,9-10H2,1-3H3,(H,19,20). The summed E-state index contributed by atoms with van der Waals surface area (Å²) in [6.07, 6.45) is 0.933. The molecule has 0 spiro atoms. The molecule has 112 valence electrons. The first-order chi connectivity index (χ1) is 10.0. The molecule has 0 unspecified atom stereocenters. The molecular formula is C16H20N2O3. The minimum atomic E-state index is -0.876. The lowest BCUT2D eigenvalue weighted by atomic mass is 10.2. The Morgan fingerprint density at radius 1 is 1.33 bits per heavy atom. The van der Waals surface area contributed by atoms with Crippen LogP contribution >= 0.6 is 0 Å². The maximum Gasteiger partial charge on any atom is 0.309 e. The van der Waals surface area contributed by atoms with Gasteiger partial charge in [-0.3, -0.25) is 4.79 Å². The topological polar surface area (TPSA) is 64.3 Å². The molecule has 2 rings (SSSR count). The highest BCUT2D eigenvalue weighted by atomic mass is 16.5. The Labute approximate surface area is 124 Å². The van der Waals surface area contributed by atoms with Gasteiger partial charge in [0.15, 0.2) is 0 Å². The van der Waals surface area contributed by atoms with Crippen LogP contribution in [-0.4, -0.2) is 20.6 Å². The summed E-state index contributed by atoms with van der Waals surface area (Å²) in [5.74, 6) is 0.634. The highest BCUT2D eigenvalue weighted by Gasteiger charge is 2.14. The lowest BCUT2D eigenvalue weighted by Gasteiger charge is -2.07. The number of hydrogen-bond acceptors (Lipinski definition) is 3. The van der Waals surface area contributed by atoms with E-state index in [1.165, 1.54) is 5.56 Å². The summed E-state index contributed by atoms with van der Waals surface area (Å²) < 4.78 is 7.59. The van der Waals surface area contributed by atoms with Gasteiger partial charge in [-0.05, 0) is 31.0 Å². The molecule has 0 bridgehead atoms. The Bertz CT molecular complexity index is 630. The van der Waals surface area contributed by atoms with Gasteiger partial charge in [0.1, 0.15) is 18.2 Å². The number of imidazole rings is 1. The number of nitrogens with zero attached hydrogens (tertiary/aromatic N) is 2. The van der Waals surface area contributed by atoms with E-state index >= 15 is 0 Å². The van der Waals surface area contributed by atoms with Gasteiger partial charge in [0, 0.05) is 12.7 Å². The van der Waals surface area contributed by atoms with Crippen LogP contribution in [0.3, 0.4) is 0 Å². The Hall–Kier alpha value is -2.30. The summed E-state index contributed by atoms with van der Waals surface area (Å²) in [6.45, 7) is 4.30. The van der Waals surface area contributed by atoms with Crippen molar-refractivity contribution in [2.45, 2.75) is 33.3 Å². The van der Waals surface area contributed by atoms with Gasteiger partial charge in [-0.15, -0.1) is 0 Å². The smallest absolute Gasteiger partial charge is 0.309 e. The zero-order chi connectivity index (χ0) is 15.4. The maximum absolute atomic E-state index is 10.8. The van der Waals surface area contributed by atoms with E-state index in [1.807, 2.05) is 42.8 Å². The average Bonchev–Trinajstić information content (AvgIpc) is 2.73. The highest BCUT2D eigenvalue weighted by Crippen LogP contribution is 2.16. The third-order valence-electron chi connectivity index (χ3n) is 3.59. The molecule has 1 aromatic carbocycles. The second-order valence-electron chi connectivity index (χ2n) is 4.98. The number of benzene rings is 1. The van der Waals surface area contributed by atoms with Gasteiger partial charge in [0.2, 0.25) is 0 Å². The largest absolute Gasteiger partial charge is 0.486 e. The van der Waals surface area contributed by atoms with Crippen molar-refractivity contribution in [3.8, 4) is 5.75 Å². The molecule has 0 aliphatic rings. The molecule has 0 amide bonds. The van der Waals surface area contributed by atoms with Crippen LogP contribution in [0.25, 0.3) is 0 Å². The first-order valence-electron chi connectivity index (χ1n) is 6.95. The van der Waals surface area contributed by atoms with Crippen molar-refractivity contribution in [3.63, 3.8) is 0 Å². The zero-order valence-corrected chi connectivity index (χ0v) is 12.6. The molecule has 1 aromatic heterocycles. The second kappa shape index (κ2) is 6.43. The van der Waals surface area contributed by atoms with E-state index in [0.29, 0.717) is 12.3 Å². The Balaban J connectivity index is 2.07. The van der Waals surface area contributed by atoms with Crippen LogP contribution in [0, 0.1) is 6.92 Å². The zero-order valence-electron chi connectivity index (χ0n) is 12.6. The van der Waals surface area contributed by atoms with Gasteiger partial charge in [-0.1, -0.05) is 19.1 Å². The van der Waals surface area contributed by atoms with E-state index in [4.69, 9.17) is 9.84 Å². The van der Waals surface area contributed by atoms with Crippen molar-refractivity contribution in [1.29, 1.82) is 0 Å². The van der Waals surface area contributed by atoms with E-state index in [-0.39, 0.29) is 6.42 Å². The number of ether oxygens (including phenoxy) is 1. The third-order valence-corrected chi connectivity index (χ3v) is 3.59. The summed E-state index contributed by atoms with van der Waals surface area (Å²) in [6, 6.07) is 7.95. The predicted octanol–water partition coefficient (Wildman–Crippen LogP) is 2.50. The molecule has 1 heterocycles. The number of aromatic nitrogens is 2. The van der Waals surface area contributed by atoms with Crippen LogP contribution in [-0.2, 0) is 31.3 Å². The fourth-order valence-corrected chi connectivity index (χ4v) is 2.11. The quantitative estimate of drug-likeness (QED) is 0.887. The van der Waals surface area contributed by atoms with Gasteiger partial charge in [-0.2, -0.15) is 0 Å². The summed E-state index contributed by atoms with van der Waals surface area (Å²) in [7, 11) is 1.87. The highest BCUT2D eigenvalue weighted by molar-refractivity contribution is 5.69. The van der Waals surface area contributed by atoms with Crippen molar-refractivity contribution < 1.29 is 14.6 Å². The van der Waals surface area contributed by atoms with Crippen LogP contribution in [0.5, 0.6) is 5.75 Å². The van der Waals surface area contributed by atoms with Gasteiger partial charge in [0.25, 0.3) is 0 Å². The number of carboxylic acids is 1. The first kappa shape index (κ1) is 15.1. The molecule has 1 N–H and O–H groups in total. The number of hydrogen-bond donors (Lipinski definition) is 1. The number of carboxylic acid groups (broad SMARTS) is 1. The monoisotopic (exact) mass is 288 g/mol. The molecule has 5 nitrogen and oxygen atoms in total. The fourth-order valence-electron chi connectivity index (χ4n) is 2.11. The van der Waals surface area contributed by atoms with Crippen LogP contribution in [0.1, 0.15) is 29.7 Å². The van der Waals surface area contributed by atoms with E-state index in [0.717, 1.165) is 23.7 Å². The van der Waals surface area contributed by atoms with E-state index in [2.05, 4.69) is 11.9 Å². The summed E-state index contributed by atoms with van der Waals surface area (Å²) in [5.41, 5.74) is 2.71. The van der Waals surface area contributed by atoms with Crippen molar-refractivity contribution in [2.24, 2.45) is 7.05 Å². The molecule has 0 saturated carbocycles. The van der Waals surface area contributed by atoms with E-state index < -0.39 is 5.97 Å². The molecule has 5 heteroatoms. The molecule has 0 saturated heterocycles. The second-order valence-corrected chi connectivity index (χ2v) is 4.98. The normalized spacial score (nSPS) is 10.6. The molecule has 0 atom stereocenters. The summed E-state index contributed by atoms with van der Waals surface area (Å²) in [4.78, 5) is 15.2. The van der Waals surface area contributed by atoms with E-state index in [9.17, 15) is 4.79 Å². The minimum absolute atomic E-state index is 0.0646. The molecule has 0 fully saturated rings. The Kier molecular flexibility index (Phi) is 4.62. The lowest BCUT2D eigenvalue weighted by Crippen LogP contribution is -2.04. The molecule has 0 aliphatic carbocycles. The molecular weight excluding hydrogens is 268 g/mol. The van der Waals surface area contributed by atoms with Crippen molar-refractivity contribution in [2.75, 3.05) is 0 Å². The molecule has 21 heavy (non-hydrogen) atoms. The average molecular weight is 288 g/mol. The first-order valence-corrected chi connectivity index (χ1v) is 6.95. The third kappa shape index (κ3) is 3.62. The number of aliphatic carboxylic acids is 1. The lowest BCUT2D eigenvalue weighted by molar-refractivity contribution is -0.136. The van der Waals surface area contributed by atoms with Crippen molar-refractivity contribution in [3.05, 3.63) is 47.0 Å². The number of carbonyl (C=O) groups is 1. The minimum Gasteiger partial charge on any atom is -0.486 e. The SMILES string of the molecule is CCc1ccc(OCc2nc(CC(=O)O)c(C)n2C)cc1. The Morgan fingerprint density at radius 2 is 2.00 bits per heavy atom. The van der Waals surface area contributed by atoms with Crippen LogP contribution in [0.15, 0.2) is 24.3 Å². The van der Waals surface area contributed by atoms with Crippen LogP contribution < -0.4 is 4.74 Å². The number of aryl methyl sites for hydroxylation is 1. The van der Waals surface area contributed by atoms with Crippen LogP contribution in [0.2, 0.25) is 0 Å². The molecule has 0 radical (unpaired) electrons. The summed E-state index contributed by atoms with van der Waals surface area (Å²) >= 11 is 0. The summed E-state index contributed by atoms with van der Waals surface area (Å²) in [5, 5.41) is 8.87. The predicted molar refractivity (Wildman–Crippen MR) is 79.4 cm³/mol. The van der Waals surface area contributed by atoms with Crippen LogP contribution in [0.4, 0.5) is 0 Å². The fraction of sp³-hybridized carbons (Fsp3) is 0.375.